The van der Waals surface area contributed by atoms with Crippen LogP contribution >= 0.6 is 12.4 Å². The molecule has 3 aliphatic rings. The largest absolute Gasteiger partial charge is 0.497 e. The highest BCUT2D eigenvalue weighted by atomic mass is 35.5. The molecule has 2 atom stereocenters. The fourth-order valence-corrected chi connectivity index (χ4v) is 5.34. The van der Waals surface area contributed by atoms with Crippen LogP contribution in [0.2, 0.25) is 0 Å². The maximum Gasteiger partial charge on any atom is 0.138 e. The lowest BCUT2D eigenvalue weighted by Gasteiger charge is -2.28. The SMILES string of the molecule is CCCCOc1ccc(OCCCN2CCOCC2)cc1.COc1ccc2c(c1)OC1c3ccc(OC)cc3OCC21.Cl. The van der Waals surface area contributed by atoms with Gasteiger partial charge in [0.2, 0.25) is 0 Å². The van der Waals surface area contributed by atoms with E-state index >= 15 is 0 Å². The predicted octanol–water partition coefficient (Wildman–Crippen LogP) is 6.70. The second-order valence-corrected chi connectivity index (χ2v) is 10.6. The van der Waals surface area contributed by atoms with E-state index in [2.05, 4.69) is 17.9 Å². The third-order valence-corrected chi connectivity index (χ3v) is 7.77. The average Bonchev–Trinajstić information content (AvgIpc) is 3.42. The van der Waals surface area contributed by atoms with Gasteiger partial charge in [-0.3, -0.25) is 4.90 Å². The fraction of sp³-hybridized carbons (Fsp3) is 0.471. The van der Waals surface area contributed by atoms with Gasteiger partial charge >= 0.3 is 0 Å². The summed E-state index contributed by atoms with van der Waals surface area (Å²) in [5.74, 6) is 5.40. The predicted molar refractivity (Wildman–Crippen MR) is 169 cm³/mol. The van der Waals surface area contributed by atoms with E-state index < -0.39 is 0 Å². The van der Waals surface area contributed by atoms with Gasteiger partial charge in [0.15, 0.2) is 0 Å². The molecule has 1 fully saturated rings. The van der Waals surface area contributed by atoms with Crippen molar-refractivity contribution in [2.45, 2.75) is 38.2 Å². The van der Waals surface area contributed by atoms with Crippen LogP contribution in [0.5, 0.6) is 34.5 Å². The van der Waals surface area contributed by atoms with Crippen molar-refractivity contribution in [2.24, 2.45) is 0 Å². The molecule has 0 N–H and O–H groups in total. The molecule has 0 spiro atoms. The zero-order valence-electron chi connectivity index (χ0n) is 25.4. The van der Waals surface area contributed by atoms with Crippen molar-refractivity contribution < 1.29 is 33.2 Å². The first-order chi connectivity index (χ1) is 20.7. The number of hydrogen-bond acceptors (Lipinski definition) is 8. The molecule has 3 heterocycles. The van der Waals surface area contributed by atoms with Crippen LogP contribution in [0.25, 0.3) is 0 Å². The van der Waals surface area contributed by atoms with Crippen LogP contribution in [0.4, 0.5) is 0 Å². The number of methoxy groups -OCH3 is 2. The normalized spacial score (nSPS) is 18.2. The molecule has 0 amide bonds. The van der Waals surface area contributed by atoms with E-state index in [1.807, 2.05) is 54.6 Å². The van der Waals surface area contributed by atoms with Gasteiger partial charge in [-0.05, 0) is 55.3 Å². The molecule has 0 aromatic heterocycles. The summed E-state index contributed by atoms with van der Waals surface area (Å²) in [5.41, 5.74) is 2.25. The van der Waals surface area contributed by atoms with Crippen molar-refractivity contribution in [3.05, 3.63) is 71.8 Å². The summed E-state index contributed by atoms with van der Waals surface area (Å²) in [6.45, 7) is 9.22. The Morgan fingerprint density at radius 1 is 0.744 bits per heavy atom. The molecule has 234 valence electrons. The monoisotopic (exact) mass is 613 g/mol. The van der Waals surface area contributed by atoms with Crippen LogP contribution in [0.15, 0.2) is 60.7 Å². The molecule has 0 saturated carbocycles. The second-order valence-electron chi connectivity index (χ2n) is 10.6. The summed E-state index contributed by atoms with van der Waals surface area (Å²) in [6, 6.07) is 19.8. The minimum absolute atomic E-state index is 0. The molecule has 43 heavy (non-hydrogen) atoms. The Balaban J connectivity index is 0.000000192. The number of unbranched alkanes of at least 4 members (excludes halogenated alkanes) is 1. The van der Waals surface area contributed by atoms with Crippen LogP contribution in [0, 0.1) is 0 Å². The Morgan fingerprint density at radius 3 is 1.95 bits per heavy atom. The van der Waals surface area contributed by atoms with Gasteiger partial charge in [0.1, 0.15) is 40.6 Å². The first kappa shape index (κ1) is 32.6. The molecule has 0 bridgehead atoms. The zero-order chi connectivity index (χ0) is 29.1. The van der Waals surface area contributed by atoms with E-state index in [-0.39, 0.29) is 24.4 Å². The number of benzene rings is 3. The lowest BCUT2D eigenvalue weighted by molar-refractivity contribution is 0.0358. The van der Waals surface area contributed by atoms with Crippen molar-refractivity contribution in [3.63, 3.8) is 0 Å². The molecule has 2 unspecified atom stereocenters. The molecule has 0 aliphatic carbocycles. The summed E-state index contributed by atoms with van der Waals surface area (Å²) in [6.07, 6.45) is 3.31. The molecule has 8 nitrogen and oxygen atoms in total. The summed E-state index contributed by atoms with van der Waals surface area (Å²) in [5, 5.41) is 0. The summed E-state index contributed by atoms with van der Waals surface area (Å²) < 4.78 is 39.3. The van der Waals surface area contributed by atoms with Crippen LogP contribution in [0.3, 0.4) is 0 Å². The molecule has 1 saturated heterocycles. The van der Waals surface area contributed by atoms with Crippen LogP contribution in [0.1, 0.15) is 49.3 Å². The van der Waals surface area contributed by atoms with Gasteiger partial charge in [-0.1, -0.05) is 19.4 Å². The van der Waals surface area contributed by atoms with Crippen molar-refractivity contribution >= 4 is 12.4 Å². The van der Waals surface area contributed by atoms with Gasteiger partial charge in [-0.2, -0.15) is 0 Å². The standard InChI is InChI=1S/C17H27NO3.C17H16O4.ClH/c1-2-3-12-20-16-5-7-17(8-6-16)21-13-4-9-18-10-14-19-15-11-18;1-18-10-4-6-13-15(7-10)20-9-14-12-5-3-11(19-2)8-16(12)21-17(13)14;/h5-8H,2-4,9-15H2,1H3;3-8,14,17H,9H2,1-2H3;1H. The zero-order valence-corrected chi connectivity index (χ0v) is 26.2. The highest BCUT2D eigenvalue weighted by Gasteiger charge is 2.40. The van der Waals surface area contributed by atoms with Gasteiger partial charge in [0, 0.05) is 42.9 Å². The van der Waals surface area contributed by atoms with E-state index in [4.69, 9.17) is 33.2 Å². The van der Waals surface area contributed by atoms with Gasteiger partial charge in [-0.15, -0.1) is 12.4 Å². The number of nitrogens with zero attached hydrogens (tertiary/aromatic N) is 1. The van der Waals surface area contributed by atoms with Gasteiger partial charge in [0.25, 0.3) is 0 Å². The first-order valence-corrected chi connectivity index (χ1v) is 15.0. The number of ether oxygens (including phenoxy) is 7. The van der Waals surface area contributed by atoms with Crippen molar-refractivity contribution in [1.82, 2.24) is 4.90 Å². The first-order valence-electron chi connectivity index (χ1n) is 15.0. The molecule has 3 aromatic carbocycles. The number of hydrogen-bond donors (Lipinski definition) is 0. The Morgan fingerprint density at radius 2 is 1.33 bits per heavy atom. The number of fused-ring (bicyclic) bond motifs is 5. The molecule has 6 rings (SSSR count). The number of rotatable bonds is 11. The van der Waals surface area contributed by atoms with Crippen molar-refractivity contribution in [2.75, 3.05) is 66.9 Å². The molecule has 0 radical (unpaired) electrons. The van der Waals surface area contributed by atoms with Crippen LogP contribution in [-0.4, -0.2) is 71.8 Å². The molecular formula is C34H44ClNO7. The van der Waals surface area contributed by atoms with Crippen LogP contribution in [-0.2, 0) is 4.74 Å². The third kappa shape index (κ3) is 8.62. The fourth-order valence-electron chi connectivity index (χ4n) is 5.34. The highest BCUT2D eigenvalue weighted by Crippen LogP contribution is 2.52. The maximum absolute atomic E-state index is 6.15. The molecule has 3 aliphatic heterocycles. The number of halogens is 1. The Hall–Kier alpha value is -3.33. The maximum atomic E-state index is 6.15. The van der Waals surface area contributed by atoms with E-state index in [1.165, 1.54) is 5.56 Å². The Kier molecular flexibility index (Phi) is 12.5. The minimum atomic E-state index is 0. The summed E-state index contributed by atoms with van der Waals surface area (Å²) in [7, 11) is 3.32. The van der Waals surface area contributed by atoms with Gasteiger partial charge in [0.05, 0.1) is 53.2 Å². The van der Waals surface area contributed by atoms with E-state index in [0.29, 0.717) is 6.61 Å². The van der Waals surface area contributed by atoms with E-state index in [9.17, 15) is 0 Å². The number of morpholine rings is 1. The van der Waals surface area contributed by atoms with Crippen LogP contribution < -0.4 is 28.4 Å². The Labute approximate surface area is 261 Å². The highest BCUT2D eigenvalue weighted by molar-refractivity contribution is 5.85. The van der Waals surface area contributed by atoms with Gasteiger partial charge in [-0.25, -0.2) is 0 Å². The quantitative estimate of drug-likeness (QED) is 0.221. The lowest BCUT2D eigenvalue weighted by Crippen LogP contribution is -2.37. The molecular weight excluding hydrogens is 570 g/mol. The lowest BCUT2D eigenvalue weighted by atomic mass is 9.89. The average molecular weight is 614 g/mol. The molecule has 9 heteroatoms. The second kappa shape index (κ2) is 16.5. The third-order valence-electron chi connectivity index (χ3n) is 7.77. The smallest absolute Gasteiger partial charge is 0.138 e. The van der Waals surface area contributed by atoms with Crippen molar-refractivity contribution in [1.29, 1.82) is 0 Å². The van der Waals surface area contributed by atoms with Crippen molar-refractivity contribution in [3.8, 4) is 34.5 Å². The Bertz CT molecular complexity index is 1270. The minimum Gasteiger partial charge on any atom is -0.497 e. The summed E-state index contributed by atoms with van der Waals surface area (Å²) >= 11 is 0. The van der Waals surface area contributed by atoms with Gasteiger partial charge < -0.3 is 33.2 Å². The topological polar surface area (TPSA) is 67.9 Å². The summed E-state index contributed by atoms with van der Waals surface area (Å²) in [4.78, 5) is 2.43. The van der Waals surface area contributed by atoms with E-state index in [1.54, 1.807) is 14.2 Å². The van der Waals surface area contributed by atoms with E-state index in [0.717, 1.165) is 105 Å². The molecule has 3 aromatic rings.